The molecule has 6 nitrogen and oxygen atoms in total. The van der Waals surface area contributed by atoms with Gasteiger partial charge in [0, 0.05) is 6.07 Å². The van der Waals surface area contributed by atoms with Crippen molar-refractivity contribution in [2.24, 2.45) is 0 Å². The molecule has 0 amide bonds. The van der Waals surface area contributed by atoms with E-state index < -0.39 is 10.9 Å². The van der Waals surface area contributed by atoms with Crippen LogP contribution in [-0.4, -0.2) is 18.0 Å². The molecule has 0 bridgehead atoms. The molecule has 0 fully saturated rings. The molecule has 1 aromatic heterocycles. The van der Waals surface area contributed by atoms with Crippen molar-refractivity contribution in [3.05, 3.63) is 33.1 Å². The summed E-state index contributed by atoms with van der Waals surface area (Å²) < 4.78 is 4.39. The van der Waals surface area contributed by atoms with Crippen LogP contribution < -0.4 is 4.98 Å². The van der Waals surface area contributed by atoms with Crippen LogP contribution in [0.25, 0.3) is 0 Å². The van der Waals surface area contributed by atoms with Crippen molar-refractivity contribution in [3.8, 4) is 0 Å². The standard InChI is InChI=1S/C7H5ClN2O4/c1-14-7(11)4-2-5(10(12)13)6(8)9-3-4/h2-3H,1H3/p+1. The number of hydrogen-bond acceptors (Lipinski definition) is 4. The first-order chi connectivity index (χ1) is 6.56. The van der Waals surface area contributed by atoms with Crippen LogP contribution >= 0.6 is 11.6 Å². The smallest absolute Gasteiger partial charge is 0.353 e. The minimum Gasteiger partial charge on any atom is -0.465 e. The van der Waals surface area contributed by atoms with Crippen LogP contribution in [0.1, 0.15) is 10.4 Å². The Hall–Kier alpha value is -1.69. The molecule has 1 N–H and O–H groups in total. The maximum atomic E-state index is 11.0. The van der Waals surface area contributed by atoms with Gasteiger partial charge in [0.2, 0.25) is 0 Å². The van der Waals surface area contributed by atoms with Crippen molar-refractivity contribution in [2.45, 2.75) is 0 Å². The number of aromatic amines is 1. The van der Waals surface area contributed by atoms with Gasteiger partial charge in [0.25, 0.3) is 0 Å². The molecule has 0 unspecified atom stereocenters. The summed E-state index contributed by atoms with van der Waals surface area (Å²) in [5.74, 6) is -0.666. The van der Waals surface area contributed by atoms with E-state index in [0.29, 0.717) is 0 Å². The molecular formula is C7H6ClN2O4+. The summed E-state index contributed by atoms with van der Waals surface area (Å²) in [4.78, 5) is 23.1. The Bertz CT molecular complexity index is 393. The van der Waals surface area contributed by atoms with E-state index in [1.807, 2.05) is 0 Å². The van der Waals surface area contributed by atoms with Gasteiger partial charge in [-0.1, -0.05) is 0 Å². The molecule has 1 aromatic rings. The summed E-state index contributed by atoms with van der Waals surface area (Å²) in [5.41, 5.74) is -0.321. The van der Waals surface area contributed by atoms with Gasteiger partial charge in [-0.15, -0.1) is 0 Å². The maximum absolute atomic E-state index is 11.0. The number of nitrogens with zero attached hydrogens (tertiary/aromatic N) is 1. The van der Waals surface area contributed by atoms with Crippen molar-refractivity contribution >= 4 is 23.3 Å². The Morgan fingerprint density at radius 1 is 1.71 bits per heavy atom. The average Bonchev–Trinajstić information content (AvgIpc) is 2.17. The van der Waals surface area contributed by atoms with Crippen LogP contribution in [0.15, 0.2) is 12.3 Å². The summed E-state index contributed by atoms with van der Waals surface area (Å²) in [7, 11) is 1.18. The van der Waals surface area contributed by atoms with Crippen LogP contribution in [0, 0.1) is 10.1 Å². The highest BCUT2D eigenvalue weighted by Gasteiger charge is 2.22. The molecule has 0 aliphatic heterocycles. The van der Waals surface area contributed by atoms with E-state index in [9.17, 15) is 14.9 Å². The first kappa shape index (κ1) is 10.4. The normalized spacial score (nSPS) is 9.57. The minimum atomic E-state index is -0.689. The van der Waals surface area contributed by atoms with Crippen molar-refractivity contribution in [1.29, 1.82) is 0 Å². The van der Waals surface area contributed by atoms with Crippen molar-refractivity contribution in [2.75, 3.05) is 7.11 Å². The molecule has 0 saturated carbocycles. The lowest BCUT2D eigenvalue weighted by molar-refractivity contribution is -0.418. The Morgan fingerprint density at radius 3 is 2.86 bits per heavy atom. The van der Waals surface area contributed by atoms with Crippen LogP contribution in [0.3, 0.4) is 0 Å². The second kappa shape index (κ2) is 4.01. The number of carbonyl (C=O) groups is 1. The number of pyridine rings is 1. The lowest BCUT2D eigenvalue weighted by Gasteiger charge is -1.95. The van der Waals surface area contributed by atoms with Crippen LogP contribution in [-0.2, 0) is 4.74 Å². The Morgan fingerprint density at radius 2 is 2.36 bits per heavy atom. The third-order valence-electron chi connectivity index (χ3n) is 1.49. The maximum Gasteiger partial charge on any atom is 0.353 e. The zero-order valence-corrected chi connectivity index (χ0v) is 7.87. The number of carbonyl (C=O) groups excluding carboxylic acids is 1. The van der Waals surface area contributed by atoms with Crippen molar-refractivity contribution < 1.29 is 19.4 Å². The minimum absolute atomic E-state index is 0.0450. The summed E-state index contributed by atoms with van der Waals surface area (Å²) >= 11 is 5.49. The molecule has 7 heteroatoms. The van der Waals surface area contributed by atoms with E-state index in [4.69, 9.17) is 11.6 Å². The second-order valence-electron chi connectivity index (χ2n) is 2.34. The lowest BCUT2D eigenvalue weighted by Crippen LogP contribution is -2.12. The first-order valence-electron chi connectivity index (χ1n) is 3.50. The predicted octanol–water partition coefficient (Wildman–Crippen LogP) is 0.849. The highest BCUT2D eigenvalue weighted by atomic mass is 35.5. The number of ether oxygens (including phenoxy) is 1. The fourth-order valence-corrected chi connectivity index (χ4v) is 1.01. The predicted molar refractivity (Wildman–Crippen MR) is 46.0 cm³/mol. The van der Waals surface area contributed by atoms with Crippen LogP contribution in [0.4, 0.5) is 5.69 Å². The molecule has 1 heterocycles. The lowest BCUT2D eigenvalue weighted by atomic mass is 10.3. The topological polar surface area (TPSA) is 83.6 Å². The van der Waals surface area contributed by atoms with Gasteiger partial charge in [-0.05, 0) is 11.6 Å². The largest absolute Gasteiger partial charge is 0.465 e. The number of esters is 1. The van der Waals surface area contributed by atoms with Gasteiger partial charge in [0.15, 0.2) is 6.20 Å². The highest BCUT2D eigenvalue weighted by Crippen LogP contribution is 2.19. The van der Waals surface area contributed by atoms with E-state index in [0.717, 1.165) is 6.07 Å². The fourth-order valence-electron chi connectivity index (χ4n) is 0.836. The highest BCUT2D eigenvalue weighted by molar-refractivity contribution is 6.30. The molecule has 0 saturated heterocycles. The van der Waals surface area contributed by atoms with Crippen LogP contribution in [0.2, 0.25) is 5.15 Å². The third kappa shape index (κ3) is 1.97. The molecule has 1 rings (SSSR count). The monoisotopic (exact) mass is 217 g/mol. The third-order valence-corrected chi connectivity index (χ3v) is 1.79. The van der Waals surface area contributed by atoms with E-state index in [2.05, 4.69) is 9.72 Å². The summed E-state index contributed by atoms with van der Waals surface area (Å²) in [5, 5.41) is 10.3. The number of halogens is 1. The number of nitro groups is 1. The zero-order valence-electron chi connectivity index (χ0n) is 7.11. The first-order valence-corrected chi connectivity index (χ1v) is 3.88. The Kier molecular flexibility index (Phi) is 2.98. The van der Waals surface area contributed by atoms with Gasteiger partial charge in [-0.25, -0.2) is 4.79 Å². The molecule has 0 aliphatic carbocycles. The van der Waals surface area contributed by atoms with Crippen molar-refractivity contribution in [3.63, 3.8) is 0 Å². The van der Waals surface area contributed by atoms with Gasteiger partial charge in [-0.2, -0.15) is 4.98 Å². The number of nitrogens with one attached hydrogen (secondary N) is 1. The number of aromatic nitrogens is 1. The Balaban J connectivity index is 3.19. The molecule has 0 aliphatic rings. The van der Waals surface area contributed by atoms with Crippen molar-refractivity contribution in [1.82, 2.24) is 0 Å². The van der Waals surface area contributed by atoms with Gasteiger partial charge in [0.05, 0.1) is 12.0 Å². The zero-order chi connectivity index (χ0) is 10.7. The summed E-state index contributed by atoms with van der Waals surface area (Å²) in [6.45, 7) is 0. The number of methoxy groups -OCH3 is 1. The summed E-state index contributed by atoms with van der Waals surface area (Å²) in [6.07, 6.45) is 1.24. The fraction of sp³-hybridized carbons (Fsp3) is 0.143. The van der Waals surface area contributed by atoms with Gasteiger partial charge in [0.1, 0.15) is 5.56 Å². The molecular weight excluding hydrogens is 212 g/mol. The number of H-pyrrole nitrogens is 1. The van der Waals surface area contributed by atoms with Gasteiger partial charge >= 0.3 is 16.8 Å². The second-order valence-corrected chi connectivity index (χ2v) is 2.71. The molecule has 0 spiro atoms. The summed E-state index contributed by atoms with van der Waals surface area (Å²) in [6, 6.07) is 1.05. The molecule has 0 atom stereocenters. The molecule has 0 aromatic carbocycles. The van der Waals surface area contributed by atoms with E-state index >= 15 is 0 Å². The van der Waals surface area contributed by atoms with Gasteiger partial charge in [-0.3, -0.25) is 10.1 Å². The average molecular weight is 218 g/mol. The molecule has 74 valence electrons. The van der Waals surface area contributed by atoms with E-state index in [1.165, 1.54) is 13.3 Å². The molecule has 14 heavy (non-hydrogen) atoms. The Labute approximate surface area is 83.6 Å². The van der Waals surface area contributed by atoms with E-state index in [-0.39, 0.29) is 16.4 Å². The van der Waals surface area contributed by atoms with E-state index in [1.54, 1.807) is 0 Å². The van der Waals surface area contributed by atoms with Crippen LogP contribution in [0.5, 0.6) is 0 Å². The quantitative estimate of drug-likeness (QED) is 0.318. The molecule has 0 radical (unpaired) electrons. The number of rotatable bonds is 2. The number of hydrogen-bond donors (Lipinski definition) is 0. The van der Waals surface area contributed by atoms with Gasteiger partial charge < -0.3 is 4.74 Å². The SMILES string of the molecule is COC(=O)c1c[nH+]c(Cl)c([N+](=O)[O-])c1.